The van der Waals surface area contributed by atoms with Crippen molar-refractivity contribution in [1.82, 2.24) is 14.8 Å². The Labute approximate surface area is 178 Å². The molecule has 2 aromatic carbocycles. The van der Waals surface area contributed by atoms with Crippen molar-refractivity contribution in [2.45, 2.75) is 32.0 Å². The number of carbonyl (C=O) groups is 1. The highest BCUT2D eigenvalue weighted by atomic mass is 35.5. The van der Waals surface area contributed by atoms with Crippen LogP contribution in [-0.4, -0.2) is 26.4 Å². The fourth-order valence-corrected chi connectivity index (χ4v) is 3.83. The zero-order valence-corrected chi connectivity index (χ0v) is 17.9. The average molecular weight is 435 g/mol. The Bertz CT molecular complexity index is 990. The lowest BCUT2D eigenvalue weighted by molar-refractivity contribution is -0.113. The van der Waals surface area contributed by atoms with Crippen LogP contribution < -0.4 is 5.32 Å². The number of thioether (sulfide) groups is 1. The zero-order chi connectivity index (χ0) is 20.1. The highest BCUT2D eigenvalue weighted by Crippen LogP contribution is 2.27. The van der Waals surface area contributed by atoms with Crippen molar-refractivity contribution in [1.29, 1.82) is 0 Å². The van der Waals surface area contributed by atoms with Gasteiger partial charge in [-0.3, -0.25) is 4.79 Å². The second-order valence-corrected chi connectivity index (χ2v) is 8.07. The van der Waals surface area contributed by atoms with E-state index in [0.717, 1.165) is 29.9 Å². The Morgan fingerprint density at radius 3 is 2.75 bits per heavy atom. The number of aryl methyl sites for hydroxylation is 1. The van der Waals surface area contributed by atoms with Gasteiger partial charge in [0.25, 0.3) is 0 Å². The van der Waals surface area contributed by atoms with E-state index in [1.807, 2.05) is 25.1 Å². The molecule has 8 heteroatoms. The molecule has 5 nitrogen and oxygen atoms in total. The molecule has 1 heterocycles. The van der Waals surface area contributed by atoms with Crippen molar-refractivity contribution in [3.8, 4) is 11.4 Å². The first-order valence-corrected chi connectivity index (χ1v) is 10.6. The molecule has 0 atom stereocenters. The molecule has 0 saturated heterocycles. The number of benzene rings is 2. The molecule has 0 bridgehead atoms. The minimum absolute atomic E-state index is 0.183. The molecule has 3 rings (SSSR count). The molecule has 0 unspecified atom stereocenters. The summed E-state index contributed by atoms with van der Waals surface area (Å²) in [6.07, 6.45) is 0.939. The van der Waals surface area contributed by atoms with Gasteiger partial charge in [0.05, 0.1) is 16.5 Å². The Balaban J connectivity index is 1.73. The lowest BCUT2D eigenvalue weighted by atomic mass is 10.1. The summed E-state index contributed by atoms with van der Waals surface area (Å²) >= 11 is 13.4. The van der Waals surface area contributed by atoms with Crippen LogP contribution in [0.1, 0.15) is 18.9 Å². The number of nitrogens with zero attached hydrogens (tertiary/aromatic N) is 3. The Morgan fingerprint density at radius 1 is 1.18 bits per heavy atom. The van der Waals surface area contributed by atoms with Gasteiger partial charge in [-0.05, 0) is 37.6 Å². The molecule has 3 aromatic rings. The van der Waals surface area contributed by atoms with Gasteiger partial charge >= 0.3 is 0 Å². The first-order valence-electron chi connectivity index (χ1n) is 8.86. The van der Waals surface area contributed by atoms with E-state index in [1.54, 1.807) is 18.2 Å². The maximum atomic E-state index is 12.3. The topological polar surface area (TPSA) is 59.8 Å². The normalized spacial score (nSPS) is 10.9. The van der Waals surface area contributed by atoms with Crippen LogP contribution in [0.4, 0.5) is 5.69 Å². The van der Waals surface area contributed by atoms with Gasteiger partial charge in [-0.25, -0.2) is 0 Å². The number of nitrogens with one attached hydrogen (secondary N) is 1. The quantitative estimate of drug-likeness (QED) is 0.484. The number of carbonyl (C=O) groups excluding carboxylic acids is 1. The SMILES string of the molecule is CCCn1c(SCC(=O)Nc2cc(Cl)ccc2Cl)nnc1-c1cccc(C)c1. The standard InChI is InChI=1S/C20H20Cl2N4OS/c1-3-9-26-19(14-6-4-5-13(2)10-14)24-25-20(26)28-12-18(27)23-17-11-15(21)7-8-16(17)22/h4-8,10-11H,3,9,12H2,1-2H3,(H,23,27). The van der Waals surface area contributed by atoms with Gasteiger partial charge in [-0.15, -0.1) is 10.2 Å². The predicted octanol–water partition coefficient (Wildman–Crippen LogP) is 5.70. The molecular formula is C20H20Cl2N4OS. The van der Waals surface area contributed by atoms with Crippen LogP contribution in [0.25, 0.3) is 11.4 Å². The van der Waals surface area contributed by atoms with E-state index in [9.17, 15) is 4.79 Å². The van der Waals surface area contributed by atoms with Crippen molar-refractivity contribution in [3.63, 3.8) is 0 Å². The van der Waals surface area contributed by atoms with Crippen LogP contribution in [-0.2, 0) is 11.3 Å². The zero-order valence-electron chi connectivity index (χ0n) is 15.6. The van der Waals surface area contributed by atoms with E-state index in [1.165, 1.54) is 11.8 Å². The minimum atomic E-state index is -0.183. The van der Waals surface area contributed by atoms with Crippen LogP contribution in [0.2, 0.25) is 10.0 Å². The summed E-state index contributed by atoms with van der Waals surface area (Å²) in [5.74, 6) is 0.821. The summed E-state index contributed by atoms with van der Waals surface area (Å²) in [5.41, 5.74) is 2.67. The van der Waals surface area contributed by atoms with E-state index in [4.69, 9.17) is 23.2 Å². The van der Waals surface area contributed by atoms with Crippen LogP contribution in [0.15, 0.2) is 47.6 Å². The van der Waals surface area contributed by atoms with Gasteiger partial charge in [-0.1, -0.05) is 65.7 Å². The van der Waals surface area contributed by atoms with E-state index in [0.29, 0.717) is 20.9 Å². The Hall–Kier alpha value is -2.02. The highest BCUT2D eigenvalue weighted by molar-refractivity contribution is 7.99. The van der Waals surface area contributed by atoms with Gasteiger partial charge in [0.2, 0.25) is 5.91 Å². The number of anilines is 1. The lowest BCUT2D eigenvalue weighted by Crippen LogP contribution is -2.15. The molecular weight excluding hydrogens is 415 g/mol. The Kier molecular flexibility index (Phi) is 6.99. The molecule has 0 saturated carbocycles. The largest absolute Gasteiger partial charge is 0.324 e. The summed E-state index contributed by atoms with van der Waals surface area (Å²) in [6.45, 7) is 4.92. The minimum Gasteiger partial charge on any atom is -0.324 e. The average Bonchev–Trinajstić information content (AvgIpc) is 3.06. The van der Waals surface area contributed by atoms with E-state index in [2.05, 4.69) is 33.1 Å². The van der Waals surface area contributed by atoms with Gasteiger partial charge in [0.1, 0.15) is 0 Å². The maximum absolute atomic E-state index is 12.3. The van der Waals surface area contributed by atoms with Gasteiger partial charge in [0.15, 0.2) is 11.0 Å². The van der Waals surface area contributed by atoms with Crippen LogP contribution in [0.3, 0.4) is 0 Å². The summed E-state index contributed by atoms with van der Waals surface area (Å²) < 4.78 is 2.05. The number of amides is 1. The first kappa shape index (κ1) is 20.7. The molecule has 146 valence electrons. The van der Waals surface area contributed by atoms with Crippen LogP contribution in [0.5, 0.6) is 0 Å². The van der Waals surface area contributed by atoms with E-state index < -0.39 is 0 Å². The molecule has 1 amide bonds. The molecule has 0 aliphatic heterocycles. The van der Waals surface area contributed by atoms with Crippen LogP contribution >= 0.6 is 35.0 Å². The number of rotatable bonds is 7. The fourth-order valence-electron chi connectivity index (χ4n) is 2.73. The molecule has 0 aliphatic rings. The monoisotopic (exact) mass is 434 g/mol. The third-order valence-electron chi connectivity index (χ3n) is 3.98. The molecule has 0 spiro atoms. The maximum Gasteiger partial charge on any atom is 0.234 e. The molecule has 0 radical (unpaired) electrons. The van der Waals surface area contributed by atoms with Gasteiger partial charge in [-0.2, -0.15) is 0 Å². The van der Waals surface area contributed by atoms with Crippen molar-refractivity contribution < 1.29 is 4.79 Å². The van der Waals surface area contributed by atoms with E-state index >= 15 is 0 Å². The summed E-state index contributed by atoms with van der Waals surface area (Å²) in [5, 5.41) is 13.1. The molecule has 1 aromatic heterocycles. The van der Waals surface area contributed by atoms with Crippen molar-refractivity contribution >= 4 is 46.6 Å². The number of hydrogen-bond donors (Lipinski definition) is 1. The van der Waals surface area contributed by atoms with Crippen molar-refractivity contribution in [3.05, 3.63) is 58.1 Å². The van der Waals surface area contributed by atoms with Crippen molar-refractivity contribution in [2.75, 3.05) is 11.1 Å². The third-order valence-corrected chi connectivity index (χ3v) is 5.51. The lowest BCUT2D eigenvalue weighted by Gasteiger charge is -2.10. The summed E-state index contributed by atoms with van der Waals surface area (Å²) in [7, 11) is 0. The predicted molar refractivity (Wildman–Crippen MR) is 116 cm³/mol. The molecule has 1 N–H and O–H groups in total. The van der Waals surface area contributed by atoms with Gasteiger partial charge < -0.3 is 9.88 Å². The Morgan fingerprint density at radius 2 is 2.00 bits per heavy atom. The van der Waals surface area contributed by atoms with Crippen molar-refractivity contribution in [2.24, 2.45) is 0 Å². The van der Waals surface area contributed by atoms with Gasteiger partial charge in [0, 0.05) is 17.1 Å². The second-order valence-electron chi connectivity index (χ2n) is 6.29. The molecule has 0 aliphatic carbocycles. The number of aromatic nitrogens is 3. The molecule has 0 fully saturated rings. The number of halogens is 2. The third kappa shape index (κ3) is 5.07. The smallest absolute Gasteiger partial charge is 0.234 e. The summed E-state index contributed by atoms with van der Waals surface area (Å²) in [6, 6.07) is 13.1. The first-order chi connectivity index (χ1) is 13.5. The highest BCUT2D eigenvalue weighted by Gasteiger charge is 2.16. The molecule has 28 heavy (non-hydrogen) atoms. The van der Waals surface area contributed by atoms with Crippen LogP contribution in [0, 0.1) is 6.92 Å². The van der Waals surface area contributed by atoms with E-state index in [-0.39, 0.29) is 11.7 Å². The summed E-state index contributed by atoms with van der Waals surface area (Å²) in [4.78, 5) is 12.3. The fraction of sp³-hybridized carbons (Fsp3) is 0.250. The second kappa shape index (κ2) is 9.45. The number of hydrogen-bond acceptors (Lipinski definition) is 4.